The van der Waals surface area contributed by atoms with E-state index < -0.39 is 5.69 Å². The summed E-state index contributed by atoms with van der Waals surface area (Å²) in [5.74, 6) is 0.596. The van der Waals surface area contributed by atoms with Crippen molar-refractivity contribution in [1.29, 1.82) is 0 Å². The molecule has 3 aromatic rings. The maximum Gasteiger partial charge on any atom is 0.330 e. The van der Waals surface area contributed by atoms with Gasteiger partial charge >= 0.3 is 5.69 Å². The van der Waals surface area contributed by atoms with Gasteiger partial charge in [-0.3, -0.25) is 19.2 Å². The minimum atomic E-state index is -0.394. The van der Waals surface area contributed by atoms with Crippen molar-refractivity contribution >= 4 is 11.5 Å². The SMILES string of the molecule is O=c1[nH]c(=O)n(Cc2ccccc2)c2c1N(CCc1ccccc1)C(N1CCNCC1)N2. The molecule has 2 aromatic carbocycles. The van der Waals surface area contributed by atoms with E-state index in [-0.39, 0.29) is 11.8 Å². The quantitative estimate of drug-likeness (QED) is 0.544. The average molecular weight is 433 g/mol. The summed E-state index contributed by atoms with van der Waals surface area (Å²) in [6.45, 7) is 4.60. The van der Waals surface area contributed by atoms with Gasteiger partial charge in [-0.25, -0.2) is 4.79 Å². The number of H-pyrrole nitrogens is 1. The standard InChI is InChI=1S/C24H28N6O2/c31-22-20-21(30(24(32)27-22)17-19-9-5-2-6-10-19)26-23(28-15-12-25-13-16-28)29(20)14-11-18-7-3-1-4-8-18/h1-10,23,25-26H,11-17H2,(H,27,31,32). The second-order valence-electron chi connectivity index (χ2n) is 8.26. The largest absolute Gasteiger partial charge is 0.337 e. The predicted octanol–water partition coefficient (Wildman–Crippen LogP) is 1.25. The summed E-state index contributed by atoms with van der Waals surface area (Å²) in [6, 6.07) is 20.1. The Morgan fingerprint density at radius 3 is 2.22 bits per heavy atom. The first kappa shape index (κ1) is 20.5. The van der Waals surface area contributed by atoms with Crippen LogP contribution in [0.25, 0.3) is 0 Å². The van der Waals surface area contributed by atoms with Crippen molar-refractivity contribution in [2.75, 3.05) is 42.9 Å². The lowest BCUT2D eigenvalue weighted by molar-refractivity contribution is 0.188. The number of piperazine rings is 1. The smallest absolute Gasteiger partial charge is 0.330 e. The summed E-state index contributed by atoms with van der Waals surface area (Å²) in [6.07, 6.45) is 0.641. The minimum Gasteiger partial charge on any atom is -0.337 e. The molecule has 0 amide bonds. The van der Waals surface area contributed by atoms with E-state index >= 15 is 0 Å². The number of aromatic nitrogens is 2. The van der Waals surface area contributed by atoms with Gasteiger partial charge in [0, 0.05) is 32.7 Å². The van der Waals surface area contributed by atoms with Gasteiger partial charge in [-0.15, -0.1) is 0 Å². The molecule has 32 heavy (non-hydrogen) atoms. The summed E-state index contributed by atoms with van der Waals surface area (Å²) in [5, 5.41) is 6.91. The summed E-state index contributed by atoms with van der Waals surface area (Å²) in [4.78, 5) is 32.8. The maximum absolute atomic E-state index is 13.0. The molecule has 0 radical (unpaired) electrons. The zero-order chi connectivity index (χ0) is 21.9. The van der Waals surface area contributed by atoms with Crippen LogP contribution in [0.15, 0.2) is 70.3 Å². The van der Waals surface area contributed by atoms with Crippen LogP contribution in [-0.2, 0) is 13.0 Å². The maximum atomic E-state index is 13.0. The lowest BCUT2D eigenvalue weighted by Crippen LogP contribution is -2.57. The molecular weight excluding hydrogens is 404 g/mol. The molecule has 1 atom stereocenters. The van der Waals surface area contributed by atoms with Gasteiger partial charge in [0.25, 0.3) is 5.56 Å². The van der Waals surface area contributed by atoms with Crippen LogP contribution in [0, 0.1) is 0 Å². The molecule has 0 saturated carbocycles. The summed E-state index contributed by atoms with van der Waals surface area (Å²) in [7, 11) is 0. The number of fused-ring (bicyclic) bond motifs is 1. The summed E-state index contributed by atoms with van der Waals surface area (Å²) < 4.78 is 1.64. The number of benzene rings is 2. The fraction of sp³-hybridized carbons (Fsp3) is 0.333. The van der Waals surface area contributed by atoms with Crippen molar-refractivity contribution in [3.8, 4) is 0 Å². The molecule has 1 fully saturated rings. The van der Waals surface area contributed by atoms with Gasteiger partial charge in [0.15, 0.2) is 6.29 Å². The van der Waals surface area contributed by atoms with Crippen LogP contribution in [0.1, 0.15) is 11.1 Å². The van der Waals surface area contributed by atoms with Crippen LogP contribution in [0.5, 0.6) is 0 Å². The van der Waals surface area contributed by atoms with E-state index in [1.807, 2.05) is 48.5 Å². The summed E-state index contributed by atoms with van der Waals surface area (Å²) >= 11 is 0. The van der Waals surface area contributed by atoms with E-state index in [0.29, 0.717) is 24.6 Å². The van der Waals surface area contributed by atoms with Gasteiger partial charge in [-0.05, 0) is 17.5 Å². The van der Waals surface area contributed by atoms with Crippen LogP contribution in [0.3, 0.4) is 0 Å². The molecule has 8 nitrogen and oxygen atoms in total. The Kier molecular flexibility index (Phi) is 5.79. The van der Waals surface area contributed by atoms with E-state index in [1.165, 1.54) is 5.56 Å². The molecule has 8 heteroatoms. The van der Waals surface area contributed by atoms with E-state index in [4.69, 9.17) is 0 Å². The van der Waals surface area contributed by atoms with E-state index in [9.17, 15) is 9.59 Å². The molecule has 3 heterocycles. The first-order valence-corrected chi connectivity index (χ1v) is 11.1. The molecule has 0 spiro atoms. The molecule has 166 valence electrons. The number of aromatic amines is 1. The number of nitrogens with one attached hydrogen (secondary N) is 3. The van der Waals surface area contributed by atoms with Gasteiger partial charge in [0.2, 0.25) is 0 Å². The van der Waals surface area contributed by atoms with Crippen LogP contribution in [0.2, 0.25) is 0 Å². The highest BCUT2D eigenvalue weighted by molar-refractivity contribution is 5.71. The Hall–Kier alpha value is -3.36. The second kappa shape index (κ2) is 9.02. The van der Waals surface area contributed by atoms with E-state index in [1.54, 1.807) is 4.57 Å². The molecule has 2 aliphatic heterocycles. The van der Waals surface area contributed by atoms with Crippen molar-refractivity contribution in [2.24, 2.45) is 0 Å². The Morgan fingerprint density at radius 2 is 1.53 bits per heavy atom. The first-order chi connectivity index (χ1) is 15.7. The molecule has 1 unspecified atom stereocenters. The third kappa shape index (κ3) is 4.06. The van der Waals surface area contributed by atoms with Crippen LogP contribution < -0.4 is 26.8 Å². The zero-order valence-corrected chi connectivity index (χ0v) is 18.0. The zero-order valence-electron chi connectivity index (χ0n) is 18.0. The van der Waals surface area contributed by atoms with Gasteiger partial charge in [-0.2, -0.15) is 0 Å². The van der Waals surface area contributed by atoms with E-state index in [0.717, 1.165) is 38.2 Å². The normalized spacial score (nSPS) is 18.4. The molecule has 0 aliphatic carbocycles. The second-order valence-corrected chi connectivity index (χ2v) is 8.26. The Labute approximate surface area is 186 Å². The first-order valence-electron chi connectivity index (χ1n) is 11.1. The van der Waals surface area contributed by atoms with Gasteiger partial charge in [0.05, 0.1) is 6.54 Å². The molecule has 0 bridgehead atoms. The minimum absolute atomic E-state index is 0.166. The Balaban J connectivity index is 1.52. The van der Waals surface area contributed by atoms with Crippen LogP contribution >= 0.6 is 0 Å². The molecule has 1 saturated heterocycles. The molecule has 2 aliphatic rings. The number of hydrogen-bond acceptors (Lipinski definition) is 6. The van der Waals surface area contributed by atoms with Crippen molar-refractivity contribution in [2.45, 2.75) is 19.3 Å². The van der Waals surface area contributed by atoms with Gasteiger partial charge in [0.1, 0.15) is 11.5 Å². The fourth-order valence-corrected chi connectivity index (χ4v) is 4.56. The highest BCUT2D eigenvalue weighted by Crippen LogP contribution is 2.32. The number of nitrogens with zero attached hydrogens (tertiary/aromatic N) is 3. The van der Waals surface area contributed by atoms with Crippen molar-refractivity contribution in [1.82, 2.24) is 19.8 Å². The molecule has 3 N–H and O–H groups in total. The number of anilines is 2. The van der Waals surface area contributed by atoms with Crippen molar-refractivity contribution < 1.29 is 0 Å². The van der Waals surface area contributed by atoms with Crippen molar-refractivity contribution in [3.05, 3.63) is 92.6 Å². The summed E-state index contributed by atoms with van der Waals surface area (Å²) in [5.41, 5.74) is 2.03. The molecule has 1 aromatic heterocycles. The van der Waals surface area contributed by atoms with E-state index in [2.05, 4.69) is 37.6 Å². The highest BCUT2D eigenvalue weighted by atomic mass is 16.2. The monoisotopic (exact) mass is 432 g/mol. The molecular formula is C24H28N6O2. The lowest BCUT2D eigenvalue weighted by Gasteiger charge is -2.38. The van der Waals surface area contributed by atoms with Gasteiger partial charge in [-0.1, -0.05) is 60.7 Å². The lowest BCUT2D eigenvalue weighted by atomic mass is 10.1. The van der Waals surface area contributed by atoms with Crippen LogP contribution in [-0.4, -0.2) is 53.5 Å². The van der Waals surface area contributed by atoms with Gasteiger partial charge < -0.3 is 15.5 Å². The Morgan fingerprint density at radius 1 is 0.875 bits per heavy atom. The third-order valence-electron chi connectivity index (χ3n) is 6.19. The number of hydrogen-bond donors (Lipinski definition) is 3. The Bertz CT molecular complexity index is 1170. The fourth-order valence-electron chi connectivity index (χ4n) is 4.56. The average Bonchev–Trinajstić information content (AvgIpc) is 3.22. The third-order valence-corrected chi connectivity index (χ3v) is 6.19. The van der Waals surface area contributed by atoms with Crippen molar-refractivity contribution in [3.63, 3.8) is 0 Å². The number of rotatable bonds is 6. The topological polar surface area (TPSA) is 85.4 Å². The predicted molar refractivity (Wildman–Crippen MR) is 126 cm³/mol. The van der Waals surface area contributed by atoms with Crippen LogP contribution in [0.4, 0.5) is 11.5 Å². The highest BCUT2D eigenvalue weighted by Gasteiger charge is 2.37. The molecule has 5 rings (SSSR count).